The molecule has 0 aliphatic rings. The van der Waals surface area contributed by atoms with Crippen LogP contribution in [0.4, 0.5) is 0 Å². The van der Waals surface area contributed by atoms with Gasteiger partial charge in [-0.05, 0) is 41.8 Å². The van der Waals surface area contributed by atoms with Gasteiger partial charge in [0.25, 0.3) is 0 Å². The molecule has 76 valence electrons. The van der Waals surface area contributed by atoms with Crippen molar-refractivity contribution in [3.63, 3.8) is 0 Å². The van der Waals surface area contributed by atoms with Crippen molar-refractivity contribution < 1.29 is 13.6 Å². The van der Waals surface area contributed by atoms with Gasteiger partial charge in [0.05, 0.1) is 18.2 Å². The van der Waals surface area contributed by atoms with Crippen LogP contribution in [-0.4, -0.2) is 17.6 Å². The molecule has 1 atom stereocenters. The van der Waals surface area contributed by atoms with E-state index in [1.807, 2.05) is 0 Å². The van der Waals surface area contributed by atoms with E-state index in [1.165, 1.54) is 6.20 Å². The standard InChI is InChI=1S/C10H12BrNO2/c1-3-14-10(13)7(2)9-8(11)5-4-6-12-9/h4-7H,3H2,1-2H3/i2D3. The van der Waals surface area contributed by atoms with Crippen LogP contribution in [-0.2, 0) is 9.53 Å². The summed E-state index contributed by atoms with van der Waals surface area (Å²) < 4.78 is 27.5. The number of carbonyl (C=O) groups is 1. The van der Waals surface area contributed by atoms with Gasteiger partial charge in [0, 0.05) is 14.8 Å². The molecule has 1 aromatic rings. The number of ether oxygens (including phenoxy) is 1. The van der Waals surface area contributed by atoms with Crippen molar-refractivity contribution in [2.45, 2.75) is 19.7 Å². The average Bonchev–Trinajstić information content (AvgIpc) is 2.19. The van der Waals surface area contributed by atoms with E-state index in [9.17, 15) is 4.79 Å². The third kappa shape index (κ3) is 2.54. The summed E-state index contributed by atoms with van der Waals surface area (Å²) in [6.07, 6.45) is 1.44. The Morgan fingerprint density at radius 1 is 1.86 bits per heavy atom. The van der Waals surface area contributed by atoms with Crippen LogP contribution in [0.3, 0.4) is 0 Å². The van der Waals surface area contributed by atoms with E-state index in [-0.39, 0.29) is 12.3 Å². The number of halogens is 1. The normalized spacial score (nSPS) is 16.3. The summed E-state index contributed by atoms with van der Waals surface area (Å²) in [7, 11) is 0. The maximum absolute atomic E-state index is 11.7. The highest BCUT2D eigenvalue weighted by Crippen LogP contribution is 2.22. The van der Waals surface area contributed by atoms with E-state index in [2.05, 4.69) is 20.9 Å². The van der Waals surface area contributed by atoms with Gasteiger partial charge < -0.3 is 4.74 Å². The topological polar surface area (TPSA) is 39.2 Å². The second kappa shape index (κ2) is 5.10. The molecule has 0 N–H and O–H groups in total. The highest BCUT2D eigenvalue weighted by Gasteiger charge is 2.19. The van der Waals surface area contributed by atoms with Gasteiger partial charge in [-0.15, -0.1) is 0 Å². The van der Waals surface area contributed by atoms with Gasteiger partial charge in [0.15, 0.2) is 0 Å². The zero-order valence-corrected chi connectivity index (χ0v) is 9.24. The van der Waals surface area contributed by atoms with Gasteiger partial charge in [-0.1, -0.05) is 0 Å². The summed E-state index contributed by atoms with van der Waals surface area (Å²) in [5, 5.41) is 0. The third-order valence-electron chi connectivity index (χ3n) is 1.58. The molecule has 0 spiro atoms. The summed E-state index contributed by atoms with van der Waals surface area (Å²) >= 11 is 3.19. The number of aromatic nitrogens is 1. The highest BCUT2D eigenvalue weighted by molar-refractivity contribution is 9.10. The SMILES string of the molecule is [2H]C([2H])([2H])C(C(=O)OCC)c1ncccc1Br. The Morgan fingerprint density at radius 2 is 2.64 bits per heavy atom. The largest absolute Gasteiger partial charge is 0.465 e. The fourth-order valence-corrected chi connectivity index (χ4v) is 1.43. The van der Waals surface area contributed by atoms with Crippen LogP contribution >= 0.6 is 15.9 Å². The third-order valence-corrected chi connectivity index (χ3v) is 2.25. The predicted molar refractivity (Wildman–Crippen MR) is 57.0 cm³/mol. The molecule has 14 heavy (non-hydrogen) atoms. The maximum atomic E-state index is 11.7. The Bertz CT molecular complexity index is 409. The molecule has 0 bridgehead atoms. The average molecular weight is 261 g/mol. The fraction of sp³-hybridized carbons (Fsp3) is 0.400. The van der Waals surface area contributed by atoms with Crippen molar-refractivity contribution in [2.24, 2.45) is 0 Å². The lowest BCUT2D eigenvalue weighted by molar-refractivity contribution is -0.144. The second-order valence-electron chi connectivity index (χ2n) is 2.56. The number of carbonyl (C=O) groups excluding carboxylic acids is 1. The quantitative estimate of drug-likeness (QED) is 0.785. The van der Waals surface area contributed by atoms with Crippen LogP contribution in [0.25, 0.3) is 0 Å². The zero-order chi connectivity index (χ0) is 13.1. The van der Waals surface area contributed by atoms with Crippen LogP contribution < -0.4 is 0 Å². The summed E-state index contributed by atoms with van der Waals surface area (Å²) in [6, 6.07) is 3.29. The zero-order valence-electron chi connectivity index (χ0n) is 10.7. The van der Waals surface area contributed by atoms with E-state index in [1.54, 1.807) is 19.1 Å². The fourth-order valence-electron chi connectivity index (χ4n) is 0.948. The molecule has 0 aliphatic heterocycles. The van der Waals surface area contributed by atoms with Crippen LogP contribution in [0.5, 0.6) is 0 Å². The molecule has 1 heterocycles. The number of esters is 1. The molecule has 1 unspecified atom stereocenters. The molecular formula is C10H12BrNO2. The first-order valence-electron chi connectivity index (χ1n) is 5.65. The first-order valence-corrected chi connectivity index (χ1v) is 4.94. The molecule has 4 heteroatoms. The van der Waals surface area contributed by atoms with Gasteiger partial charge in [0.2, 0.25) is 0 Å². The first kappa shape index (κ1) is 7.40. The van der Waals surface area contributed by atoms with Gasteiger partial charge in [-0.2, -0.15) is 0 Å². The monoisotopic (exact) mass is 260 g/mol. The number of hydrogen-bond acceptors (Lipinski definition) is 3. The summed E-state index contributed by atoms with van der Waals surface area (Å²) in [6.45, 7) is -0.721. The minimum atomic E-state index is -2.48. The van der Waals surface area contributed by atoms with Crippen molar-refractivity contribution in [1.29, 1.82) is 0 Å². The number of nitrogens with zero attached hydrogens (tertiary/aromatic N) is 1. The van der Waals surface area contributed by atoms with Crippen molar-refractivity contribution >= 4 is 21.9 Å². The molecule has 1 aromatic heterocycles. The second-order valence-corrected chi connectivity index (χ2v) is 3.41. The van der Waals surface area contributed by atoms with E-state index >= 15 is 0 Å². The Hall–Kier alpha value is -0.900. The lowest BCUT2D eigenvalue weighted by atomic mass is 10.1. The van der Waals surface area contributed by atoms with Crippen LogP contribution in [0.15, 0.2) is 22.8 Å². The molecule has 0 aromatic carbocycles. The molecule has 0 radical (unpaired) electrons. The molecule has 0 saturated carbocycles. The van der Waals surface area contributed by atoms with Gasteiger partial charge in [-0.3, -0.25) is 9.78 Å². The lowest BCUT2D eigenvalue weighted by Crippen LogP contribution is -2.14. The van der Waals surface area contributed by atoms with Gasteiger partial charge in [0.1, 0.15) is 0 Å². The van der Waals surface area contributed by atoms with Crippen molar-refractivity contribution in [3.8, 4) is 0 Å². The first-order chi connectivity index (χ1) is 7.88. The maximum Gasteiger partial charge on any atom is 0.314 e. The minimum absolute atomic E-state index is 0.135. The molecule has 3 nitrogen and oxygen atoms in total. The Kier molecular flexibility index (Phi) is 2.69. The summed E-state index contributed by atoms with van der Waals surface area (Å²) in [4.78, 5) is 15.6. The molecule has 0 fully saturated rings. The smallest absolute Gasteiger partial charge is 0.314 e. The van der Waals surface area contributed by atoms with E-state index < -0.39 is 18.7 Å². The van der Waals surface area contributed by atoms with Crippen molar-refractivity contribution in [2.75, 3.05) is 6.61 Å². The van der Waals surface area contributed by atoms with Crippen LogP contribution in [0.2, 0.25) is 0 Å². The Labute approximate surface area is 95.8 Å². The molecule has 0 amide bonds. The Balaban J connectivity index is 3.16. The molecule has 0 aliphatic carbocycles. The number of pyridine rings is 1. The molecule has 0 saturated heterocycles. The van der Waals surface area contributed by atoms with Crippen molar-refractivity contribution in [1.82, 2.24) is 4.98 Å². The highest BCUT2D eigenvalue weighted by atomic mass is 79.9. The lowest BCUT2D eigenvalue weighted by Gasteiger charge is -2.10. The van der Waals surface area contributed by atoms with Crippen LogP contribution in [0.1, 0.15) is 29.5 Å². The minimum Gasteiger partial charge on any atom is -0.465 e. The molecular weight excluding hydrogens is 246 g/mol. The van der Waals surface area contributed by atoms with E-state index in [0.717, 1.165) is 0 Å². The summed E-state index contributed by atoms with van der Waals surface area (Å²) in [5.41, 5.74) is 0.172. The number of hydrogen-bond donors (Lipinski definition) is 0. The van der Waals surface area contributed by atoms with E-state index in [0.29, 0.717) is 4.47 Å². The number of rotatable bonds is 3. The molecule has 1 rings (SSSR count). The summed E-state index contributed by atoms with van der Waals surface area (Å²) in [5.74, 6) is -2.15. The van der Waals surface area contributed by atoms with Gasteiger partial charge in [-0.25, -0.2) is 0 Å². The van der Waals surface area contributed by atoms with Crippen molar-refractivity contribution in [3.05, 3.63) is 28.5 Å². The van der Waals surface area contributed by atoms with Crippen LogP contribution in [0, 0.1) is 0 Å². The van der Waals surface area contributed by atoms with E-state index in [4.69, 9.17) is 8.85 Å². The Morgan fingerprint density at radius 3 is 3.21 bits per heavy atom. The van der Waals surface area contributed by atoms with Gasteiger partial charge >= 0.3 is 5.97 Å². The predicted octanol–water partition coefficient (Wildman–Crippen LogP) is 2.51.